The molecular weight excluding hydrogens is 114 g/mol. The van der Waals surface area contributed by atoms with E-state index in [4.69, 9.17) is 0 Å². The molecule has 2 nitrogen and oxygen atoms in total. The van der Waals surface area contributed by atoms with Crippen LogP contribution in [0.2, 0.25) is 0 Å². The maximum atomic E-state index is 9.80. The summed E-state index contributed by atoms with van der Waals surface area (Å²) in [5.41, 5.74) is 0. The Morgan fingerprint density at radius 3 is 3.00 bits per heavy atom. The molecule has 2 heteroatoms. The fraction of sp³-hybridized carbons (Fsp3) is 0.714. The van der Waals surface area contributed by atoms with Crippen LogP contribution in [0.4, 0.5) is 0 Å². The monoisotopic (exact) mass is 125 g/mol. The minimum atomic E-state index is 0.504. The molecule has 0 amide bonds. The summed E-state index contributed by atoms with van der Waals surface area (Å²) < 4.78 is 0. The van der Waals surface area contributed by atoms with Gasteiger partial charge in [-0.3, -0.25) is 0 Å². The Labute approximate surface area is 54.9 Å². The number of hydrogen-bond donors (Lipinski definition) is 0. The molecule has 1 aliphatic carbocycles. The van der Waals surface area contributed by atoms with E-state index in [2.05, 4.69) is 17.3 Å². The Morgan fingerprint density at radius 2 is 2.44 bits per heavy atom. The van der Waals surface area contributed by atoms with E-state index in [1.165, 1.54) is 0 Å². The average molecular weight is 125 g/mol. The van der Waals surface area contributed by atoms with Gasteiger partial charge in [0, 0.05) is 0 Å². The molecule has 0 aromatic carbocycles. The molecule has 0 N–H and O–H groups in total. The lowest BCUT2D eigenvalue weighted by atomic mass is 9.95. The van der Waals surface area contributed by atoms with Crippen LogP contribution in [0, 0.1) is 10.8 Å². The van der Waals surface area contributed by atoms with Crippen molar-refractivity contribution in [2.24, 2.45) is 11.1 Å². The van der Waals surface area contributed by atoms with Gasteiger partial charge in [0.2, 0.25) is 0 Å². The fourth-order valence-electron chi connectivity index (χ4n) is 1.13. The molecule has 0 heterocycles. The largest absolute Gasteiger partial charge is 0.151 e. The van der Waals surface area contributed by atoms with Crippen LogP contribution in [0.15, 0.2) is 17.3 Å². The molecule has 9 heavy (non-hydrogen) atoms. The SMILES string of the molecule is O=NCC1CC=CCC1. The first kappa shape index (κ1) is 6.46. The molecule has 50 valence electrons. The molecule has 0 fully saturated rings. The average Bonchev–Trinajstić information content (AvgIpc) is 1.91. The van der Waals surface area contributed by atoms with Gasteiger partial charge in [0.25, 0.3) is 0 Å². The Hall–Kier alpha value is -0.660. The summed E-state index contributed by atoms with van der Waals surface area (Å²) in [5.74, 6) is 0.535. The van der Waals surface area contributed by atoms with E-state index in [-0.39, 0.29) is 0 Å². The molecule has 0 aliphatic heterocycles. The summed E-state index contributed by atoms with van der Waals surface area (Å²) >= 11 is 0. The normalized spacial score (nSPS) is 26.0. The Balaban J connectivity index is 2.26. The van der Waals surface area contributed by atoms with Gasteiger partial charge in [-0.2, -0.15) is 4.91 Å². The van der Waals surface area contributed by atoms with E-state index < -0.39 is 0 Å². The van der Waals surface area contributed by atoms with Crippen molar-refractivity contribution in [3.05, 3.63) is 17.1 Å². The van der Waals surface area contributed by atoms with E-state index in [0.29, 0.717) is 12.5 Å². The first-order valence-corrected chi connectivity index (χ1v) is 3.37. The molecule has 0 saturated heterocycles. The van der Waals surface area contributed by atoms with Gasteiger partial charge in [-0.1, -0.05) is 17.3 Å². The summed E-state index contributed by atoms with van der Waals surface area (Å²) in [6.45, 7) is 0.504. The van der Waals surface area contributed by atoms with Crippen LogP contribution in [0.25, 0.3) is 0 Å². The van der Waals surface area contributed by atoms with Crippen molar-refractivity contribution in [1.29, 1.82) is 0 Å². The van der Waals surface area contributed by atoms with Crippen molar-refractivity contribution in [2.75, 3.05) is 6.54 Å². The van der Waals surface area contributed by atoms with Crippen LogP contribution < -0.4 is 0 Å². The van der Waals surface area contributed by atoms with Crippen molar-refractivity contribution >= 4 is 0 Å². The zero-order valence-corrected chi connectivity index (χ0v) is 5.42. The lowest BCUT2D eigenvalue weighted by Gasteiger charge is -2.12. The van der Waals surface area contributed by atoms with E-state index in [0.717, 1.165) is 19.3 Å². The quantitative estimate of drug-likeness (QED) is 0.410. The van der Waals surface area contributed by atoms with Crippen molar-refractivity contribution < 1.29 is 0 Å². The summed E-state index contributed by atoms with van der Waals surface area (Å²) in [7, 11) is 0. The summed E-state index contributed by atoms with van der Waals surface area (Å²) in [6.07, 6.45) is 7.62. The molecular formula is C7H11NO. The van der Waals surface area contributed by atoms with Gasteiger partial charge < -0.3 is 0 Å². The highest BCUT2D eigenvalue weighted by atomic mass is 16.3. The molecule has 0 aromatic heterocycles. The second kappa shape index (κ2) is 3.38. The predicted octanol–water partition coefficient (Wildman–Crippen LogP) is 2.11. The van der Waals surface area contributed by atoms with E-state index >= 15 is 0 Å². The van der Waals surface area contributed by atoms with E-state index in [1.807, 2.05) is 0 Å². The Bertz CT molecular complexity index is 120. The van der Waals surface area contributed by atoms with Crippen molar-refractivity contribution in [3.8, 4) is 0 Å². The van der Waals surface area contributed by atoms with Crippen LogP contribution in [-0.4, -0.2) is 6.54 Å². The highest BCUT2D eigenvalue weighted by Gasteiger charge is 2.08. The summed E-state index contributed by atoms with van der Waals surface area (Å²) in [5, 5.41) is 2.88. The Morgan fingerprint density at radius 1 is 1.56 bits per heavy atom. The van der Waals surface area contributed by atoms with Gasteiger partial charge >= 0.3 is 0 Å². The number of allylic oxidation sites excluding steroid dienone is 2. The molecule has 1 unspecified atom stereocenters. The molecule has 1 rings (SSSR count). The Kier molecular flexibility index (Phi) is 2.43. The first-order chi connectivity index (χ1) is 4.43. The van der Waals surface area contributed by atoms with Gasteiger partial charge in [0.05, 0.1) is 6.54 Å². The molecule has 1 aliphatic rings. The smallest absolute Gasteiger partial charge is 0.0842 e. The van der Waals surface area contributed by atoms with Gasteiger partial charge in [-0.05, 0) is 25.2 Å². The summed E-state index contributed by atoms with van der Waals surface area (Å²) in [4.78, 5) is 9.80. The van der Waals surface area contributed by atoms with Crippen LogP contribution >= 0.6 is 0 Å². The molecule has 0 radical (unpaired) electrons. The molecule has 0 saturated carbocycles. The standard InChI is InChI=1S/C7H11NO/c9-8-6-7-4-2-1-3-5-7/h1-2,7H,3-6H2. The van der Waals surface area contributed by atoms with Gasteiger partial charge in [0.15, 0.2) is 0 Å². The van der Waals surface area contributed by atoms with Crippen LogP contribution in [-0.2, 0) is 0 Å². The van der Waals surface area contributed by atoms with Crippen molar-refractivity contribution in [2.45, 2.75) is 19.3 Å². The predicted molar refractivity (Wildman–Crippen MR) is 37.1 cm³/mol. The maximum Gasteiger partial charge on any atom is 0.0842 e. The number of nitrogens with zero attached hydrogens (tertiary/aromatic N) is 1. The summed E-state index contributed by atoms with van der Waals surface area (Å²) in [6, 6.07) is 0. The third-order valence-corrected chi connectivity index (χ3v) is 1.71. The second-order valence-corrected chi connectivity index (χ2v) is 2.46. The minimum Gasteiger partial charge on any atom is -0.151 e. The first-order valence-electron chi connectivity index (χ1n) is 3.37. The van der Waals surface area contributed by atoms with Gasteiger partial charge in [-0.25, -0.2) is 0 Å². The topological polar surface area (TPSA) is 29.4 Å². The van der Waals surface area contributed by atoms with Crippen LogP contribution in [0.5, 0.6) is 0 Å². The second-order valence-electron chi connectivity index (χ2n) is 2.46. The maximum absolute atomic E-state index is 9.80. The highest BCUT2D eigenvalue weighted by Crippen LogP contribution is 2.17. The number of hydrogen-bond acceptors (Lipinski definition) is 2. The van der Waals surface area contributed by atoms with E-state index in [1.54, 1.807) is 0 Å². The van der Waals surface area contributed by atoms with Crippen LogP contribution in [0.1, 0.15) is 19.3 Å². The zero-order valence-electron chi connectivity index (χ0n) is 5.42. The minimum absolute atomic E-state index is 0.504. The number of nitroso groups, excluding NO2 is 1. The van der Waals surface area contributed by atoms with Crippen molar-refractivity contribution in [3.63, 3.8) is 0 Å². The van der Waals surface area contributed by atoms with Gasteiger partial charge in [0.1, 0.15) is 0 Å². The third kappa shape index (κ3) is 1.96. The number of rotatable bonds is 2. The van der Waals surface area contributed by atoms with Gasteiger partial charge in [-0.15, -0.1) is 0 Å². The molecule has 1 atom stereocenters. The highest BCUT2D eigenvalue weighted by molar-refractivity contribution is 4.90. The van der Waals surface area contributed by atoms with Crippen molar-refractivity contribution in [1.82, 2.24) is 0 Å². The third-order valence-electron chi connectivity index (χ3n) is 1.71. The lowest BCUT2D eigenvalue weighted by molar-refractivity contribution is 0.491. The fourth-order valence-corrected chi connectivity index (χ4v) is 1.13. The van der Waals surface area contributed by atoms with Crippen LogP contribution in [0.3, 0.4) is 0 Å². The lowest BCUT2D eigenvalue weighted by Crippen LogP contribution is -2.05. The molecule has 0 bridgehead atoms. The van der Waals surface area contributed by atoms with E-state index in [9.17, 15) is 4.91 Å². The molecule has 0 aromatic rings. The zero-order chi connectivity index (χ0) is 6.53. The molecule has 0 spiro atoms.